The maximum Gasteiger partial charge on any atom is 0.257 e. The molecule has 6 nitrogen and oxygen atoms in total. The number of hydrogen-bond donors (Lipinski definition) is 1. The number of aromatic nitrogens is 2. The average molecular weight is 314 g/mol. The molecule has 0 aliphatic carbocycles. The Morgan fingerprint density at radius 3 is 2.57 bits per heavy atom. The van der Waals surface area contributed by atoms with Gasteiger partial charge in [0.1, 0.15) is 11.9 Å². The summed E-state index contributed by atoms with van der Waals surface area (Å²) in [5.41, 5.74) is 8.33. The lowest BCUT2D eigenvalue weighted by Crippen LogP contribution is -2.27. The molecule has 0 spiro atoms. The largest absolute Gasteiger partial charge is 0.484 e. The molecular weight excluding hydrogens is 292 g/mol. The molecule has 1 heterocycles. The lowest BCUT2D eigenvalue weighted by Gasteiger charge is -2.20. The van der Waals surface area contributed by atoms with Crippen molar-refractivity contribution in [2.24, 2.45) is 0 Å². The standard InChI is InChI=1S/C17H22N4O2/c1-10-7-6-8-13(9-10)23-12(3)15-14(16(22)21(4)5)11(2)19-17(18)20-15/h6-9,12H,1-5H3,(H2,18,19,20). The maximum atomic E-state index is 12.5. The Bertz CT molecular complexity index is 729. The van der Waals surface area contributed by atoms with E-state index in [1.807, 2.05) is 38.1 Å². The topological polar surface area (TPSA) is 81.3 Å². The number of nitrogens with two attached hydrogens (primary N) is 1. The quantitative estimate of drug-likeness (QED) is 0.937. The number of ether oxygens (including phenoxy) is 1. The van der Waals surface area contributed by atoms with Gasteiger partial charge in [-0.25, -0.2) is 9.97 Å². The number of hydrogen-bond acceptors (Lipinski definition) is 5. The molecule has 6 heteroatoms. The van der Waals surface area contributed by atoms with Crippen LogP contribution in [0, 0.1) is 13.8 Å². The van der Waals surface area contributed by atoms with Crippen LogP contribution >= 0.6 is 0 Å². The molecule has 2 N–H and O–H groups in total. The van der Waals surface area contributed by atoms with Gasteiger partial charge >= 0.3 is 0 Å². The summed E-state index contributed by atoms with van der Waals surface area (Å²) in [5.74, 6) is 0.681. The minimum Gasteiger partial charge on any atom is -0.484 e. The van der Waals surface area contributed by atoms with Crippen LogP contribution in [0.25, 0.3) is 0 Å². The van der Waals surface area contributed by atoms with Crippen LogP contribution in [0.1, 0.15) is 40.3 Å². The summed E-state index contributed by atoms with van der Waals surface area (Å²) in [7, 11) is 3.38. The highest BCUT2D eigenvalue weighted by Gasteiger charge is 2.24. The van der Waals surface area contributed by atoms with E-state index in [1.165, 1.54) is 4.90 Å². The second-order valence-corrected chi connectivity index (χ2v) is 5.70. The SMILES string of the molecule is Cc1cccc(OC(C)c2nc(N)nc(C)c2C(=O)N(C)C)c1. The number of carbonyl (C=O) groups excluding carboxylic acids is 1. The third kappa shape index (κ3) is 3.77. The molecule has 0 saturated heterocycles. The summed E-state index contributed by atoms with van der Waals surface area (Å²) in [6.45, 7) is 5.58. The number of aryl methyl sites for hydroxylation is 2. The third-order valence-corrected chi connectivity index (χ3v) is 3.44. The maximum absolute atomic E-state index is 12.5. The molecular formula is C17H22N4O2. The highest BCUT2D eigenvalue weighted by atomic mass is 16.5. The van der Waals surface area contributed by atoms with Crippen molar-refractivity contribution < 1.29 is 9.53 Å². The second kappa shape index (κ2) is 6.64. The Balaban J connectivity index is 2.42. The first-order valence-corrected chi connectivity index (χ1v) is 7.38. The Labute approximate surface area is 136 Å². The van der Waals surface area contributed by atoms with E-state index in [9.17, 15) is 4.79 Å². The number of benzene rings is 1. The molecule has 0 aliphatic heterocycles. The first-order valence-electron chi connectivity index (χ1n) is 7.38. The highest BCUT2D eigenvalue weighted by molar-refractivity contribution is 5.96. The van der Waals surface area contributed by atoms with Crippen molar-refractivity contribution in [2.45, 2.75) is 26.9 Å². The van der Waals surface area contributed by atoms with Crippen molar-refractivity contribution in [1.29, 1.82) is 0 Å². The Morgan fingerprint density at radius 1 is 1.26 bits per heavy atom. The van der Waals surface area contributed by atoms with Crippen LogP contribution in [0.15, 0.2) is 24.3 Å². The Morgan fingerprint density at radius 2 is 1.96 bits per heavy atom. The van der Waals surface area contributed by atoms with Crippen LogP contribution in [0.3, 0.4) is 0 Å². The molecule has 1 aromatic heterocycles. The summed E-state index contributed by atoms with van der Waals surface area (Å²) in [4.78, 5) is 22.3. The molecule has 1 atom stereocenters. The lowest BCUT2D eigenvalue weighted by molar-refractivity contribution is 0.0820. The fourth-order valence-corrected chi connectivity index (χ4v) is 2.35. The van der Waals surface area contributed by atoms with Crippen LogP contribution < -0.4 is 10.5 Å². The zero-order valence-corrected chi connectivity index (χ0v) is 14.1. The predicted molar refractivity (Wildman–Crippen MR) is 89.4 cm³/mol. The van der Waals surface area contributed by atoms with Crippen LogP contribution in [0.2, 0.25) is 0 Å². The molecule has 2 rings (SSSR count). The Kier molecular flexibility index (Phi) is 4.83. The van der Waals surface area contributed by atoms with E-state index in [0.29, 0.717) is 17.0 Å². The van der Waals surface area contributed by atoms with Gasteiger partial charge in [-0.15, -0.1) is 0 Å². The summed E-state index contributed by atoms with van der Waals surface area (Å²) in [5, 5.41) is 0. The van der Waals surface area contributed by atoms with Crippen molar-refractivity contribution in [1.82, 2.24) is 14.9 Å². The van der Waals surface area contributed by atoms with Gasteiger partial charge in [0, 0.05) is 14.1 Å². The molecule has 0 fully saturated rings. The smallest absolute Gasteiger partial charge is 0.257 e. The minimum atomic E-state index is -0.431. The van der Waals surface area contributed by atoms with Crippen molar-refractivity contribution in [3.63, 3.8) is 0 Å². The van der Waals surface area contributed by atoms with Gasteiger partial charge in [-0.05, 0) is 38.5 Å². The van der Waals surface area contributed by atoms with E-state index in [4.69, 9.17) is 10.5 Å². The molecule has 0 aliphatic rings. The molecule has 2 aromatic rings. The van der Waals surface area contributed by atoms with E-state index in [1.54, 1.807) is 21.0 Å². The predicted octanol–water partition coefficient (Wildman–Crippen LogP) is 2.52. The first kappa shape index (κ1) is 16.7. The second-order valence-electron chi connectivity index (χ2n) is 5.70. The van der Waals surface area contributed by atoms with Gasteiger partial charge < -0.3 is 15.4 Å². The molecule has 0 saturated carbocycles. The number of nitrogen functional groups attached to an aromatic ring is 1. The van der Waals surface area contributed by atoms with Crippen LogP contribution in [0.4, 0.5) is 5.95 Å². The monoisotopic (exact) mass is 314 g/mol. The van der Waals surface area contributed by atoms with E-state index in [-0.39, 0.29) is 11.9 Å². The fraction of sp³-hybridized carbons (Fsp3) is 0.353. The normalized spacial score (nSPS) is 11.9. The zero-order valence-electron chi connectivity index (χ0n) is 14.1. The van der Waals surface area contributed by atoms with Crippen molar-refractivity contribution in [3.8, 4) is 5.75 Å². The highest BCUT2D eigenvalue weighted by Crippen LogP contribution is 2.26. The molecule has 1 unspecified atom stereocenters. The minimum absolute atomic E-state index is 0.132. The van der Waals surface area contributed by atoms with Gasteiger partial charge in [-0.2, -0.15) is 0 Å². The Hall–Kier alpha value is -2.63. The van der Waals surface area contributed by atoms with Gasteiger partial charge in [0.25, 0.3) is 5.91 Å². The lowest BCUT2D eigenvalue weighted by atomic mass is 10.1. The molecule has 122 valence electrons. The van der Waals surface area contributed by atoms with Crippen molar-refractivity contribution in [2.75, 3.05) is 19.8 Å². The summed E-state index contributed by atoms with van der Waals surface area (Å²) >= 11 is 0. The average Bonchev–Trinajstić information content (AvgIpc) is 2.45. The number of nitrogens with zero attached hydrogens (tertiary/aromatic N) is 3. The van der Waals surface area contributed by atoms with Crippen LogP contribution in [-0.4, -0.2) is 34.9 Å². The molecule has 0 radical (unpaired) electrons. The van der Waals surface area contributed by atoms with Gasteiger partial charge in [0.05, 0.1) is 17.0 Å². The van der Waals surface area contributed by atoms with E-state index >= 15 is 0 Å². The fourth-order valence-electron chi connectivity index (χ4n) is 2.35. The zero-order chi connectivity index (χ0) is 17.1. The van der Waals surface area contributed by atoms with E-state index in [0.717, 1.165) is 11.3 Å². The summed E-state index contributed by atoms with van der Waals surface area (Å²) in [6.07, 6.45) is -0.431. The van der Waals surface area contributed by atoms with Gasteiger partial charge in [-0.1, -0.05) is 12.1 Å². The van der Waals surface area contributed by atoms with Crippen LogP contribution in [-0.2, 0) is 0 Å². The van der Waals surface area contributed by atoms with E-state index < -0.39 is 6.10 Å². The van der Waals surface area contributed by atoms with Crippen LogP contribution in [0.5, 0.6) is 5.75 Å². The summed E-state index contributed by atoms with van der Waals surface area (Å²) in [6, 6.07) is 7.71. The number of carbonyl (C=O) groups is 1. The number of amides is 1. The molecule has 0 bridgehead atoms. The third-order valence-electron chi connectivity index (χ3n) is 3.44. The van der Waals surface area contributed by atoms with Gasteiger partial charge in [-0.3, -0.25) is 4.79 Å². The molecule has 23 heavy (non-hydrogen) atoms. The number of anilines is 1. The van der Waals surface area contributed by atoms with Crippen molar-refractivity contribution >= 4 is 11.9 Å². The van der Waals surface area contributed by atoms with Gasteiger partial charge in [0.15, 0.2) is 0 Å². The number of rotatable bonds is 4. The first-order chi connectivity index (χ1) is 10.8. The molecule has 1 amide bonds. The van der Waals surface area contributed by atoms with Gasteiger partial charge in [0.2, 0.25) is 5.95 Å². The van der Waals surface area contributed by atoms with E-state index in [2.05, 4.69) is 9.97 Å². The molecule has 1 aromatic carbocycles. The van der Waals surface area contributed by atoms with Crippen molar-refractivity contribution in [3.05, 3.63) is 46.8 Å². The summed E-state index contributed by atoms with van der Waals surface area (Å²) < 4.78 is 5.95.